The summed E-state index contributed by atoms with van der Waals surface area (Å²) in [5.41, 5.74) is 12.1. The maximum Gasteiger partial charge on any atom is 0.163 e. The summed E-state index contributed by atoms with van der Waals surface area (Å²) in [6, 6.07) is 12.0. The fraction of sp³-hybridized carbons (Fsp3) is 0.286. The Balaban J connectivity index is 1.43. The minimum absolute atomic E-state index is 0.147. The molecule has 0 bridgehead atoms. The third-order valence-corrected chi connectivity index (χ3v) is 7.66. The molecule has 0 amide bonds. The molecule has 7 rings (SSSR count). The molecule has 1 aliphatic carbocycles. The molecule has 1 aliphatic heterocycles. The van der Waals surface area contributed by atoms with Crippen LogP contribution in [0, 0.1) is 0 Å². The van der Waals surface area contributed by atoms with Gasteiger partial charge >= 0.3 is 0 Å². The number of benzene rings is 1. The van der Waals surface area contributed by atoms with Gasteiger partial charge in [-0.1, -0.05) is 29.8 Å². The smallest absolute Gasteiger partial charge is 0.163 e. The summed E-state index contributed by atoms with van der Waals surface area (Å²) in [4.78, 5) is 25.2. The number of nitrogens with one attached hydrogen (secondary N) is 1. The van der Waals surface area contributed by atoms with E-state index >= 15 is 0 Å². The molecule has 36 heavy (non-hydrogen) atoms. The van der Waals surface area contributed by atoms with Crippen LogP contribution in [0.3, 0.4) is 0 Å². The SMILES string of the molecule is N[C@H]1CCCN(c2nc(-c3ccnc4[nH]c(-c5ccccc5Cl)cc34)nc3cncc(C4CC4)c23)C1. The first-order valence-electron chi connectivity index (χ1n) is 12.5. The van der Waals surface area contributed by atoms with Crippen molar-refractivity contribution in [3.8, 4) is 22.6 Å². The van der Waals surface area contributed by atoms with Gasteiger partial charge in [-0.3, -0.25) is 4.98 Å². The number of aromatic amines is 1. The minimum atomic E-state index is 0.147. The van der Waals surface area contributed by atoms with Gasteiger partial charge in [0.15, 0.2) is 5.82 Å². The molecule has 7 nitrogen and oxygen atoms in total. The third kappa shape index (κ3) is 3.70. The van der Waals surface area contributed by atoms with Gasteiger partial charge in [0.1, 0.15) is 11.5 Å². The number of piperidine rings is 1. The summed E-state index contributed by atoms with van der Waals surface area (Å²) in [7, 11) is 0. The first kappa shape index (κ1) is 21.7. The number of hydrogen-bond donors (Lipinski definition) is 2. The van der Waals surface area contributed by atoms with Gasteiger partial charge in [0, 0.05) is 64.1 Å². The number of anilines is 1. The molecule has 0 radical (unpaired) electrons. The molecule has 0 spiro atoms. The van der Waals surface area contributed by atoms with Crippen LogP contribution >= 0.6 is 11.6 Å². The van der Waals surface area contributed by atoms with E-state index in [0.29, 0.717) is 16.8 Å². The number of rotatable bonds is 4. The summed E-state index contributed by atoms with van der Waals surface area (Å²) in [5.74, 6) is 2.19. The zero-order valence-corrected chi connectivity index (χ0v) is 20.5. The Morgan fingerprint density at radius 3 is 2.75 bits per heavy atom. The fourth-order valence-electron chi connectivity index (χ4n) is 5.39. The molecule has 2 fully saturated rings. The molecule has 1 saturated carbocycles. The summed E-state index contributed by atoms with van der Waals surface area (Å²) in [6.07, 6.45) is 10.2. The Morgan fingerprint density at radius 1 is 1.03 bits per heavy atom. The summed E-state index contributed by atoms with van der Waals surface area (Å²) < 4.78 is 0. The van der Waals surface area contributed by atoms with E-state index in [9.17, 15) is 0 Å². The van der Waals surface area contributed by atoms with Crippen LogP contribution in [0.25, 0.3) is 44.6 Å². The average Bonchev–Trinajstić information content (AvgIpc) is 3.65. The summed E-state index contributed by atoms with van der Waals surface area (Å²) >= 11 is 6.48. The first-order valence-corrected chi connectivity index (χ1v) is 12.9. The van der Waals surface area contributed by atoms with Crippen molar-refractivity contribution in [3.05, 3.63) is 65.6 Å². The topological polar surface area (TPSA) is 96.6 Å². The van der Waals surface area contributed by atoms with Crippen LogP contribution in [-0.4, -0.2) is 44.1 Å². The van der Waals surface area contributed by atoms with Gasteiger partial charge in [-0.25, -0.2) is 15.0 Å². The van der Waals surface area contributed by atoms with Crippen molar-refractivity contribution < 1.29 is 0 Å². The molecular weight excluding hydrogens is 470 g/mol. The third-order valence-electron chi connectivity index (χ3n) is 7.33. The zero-order chi connectivity index (χ0) is 24.2. The van der Waals surface area contributed by atoms with Crippen molar-refractivity contribution in [2.24, 2.45) is 5.73 Å². The van der Waals surface area contributed by atoms with Crippen LogP contribution in [0.4, 0.5) is 5.82 Å². The summed E-state index contributed by atoms with van der Waals surface area (Å²) in [6.45, 7) is 1.74. The quantitative estimate of drug-likeness (QED) is 0.332. The molecule has 0 unspecified atom stereocenters. The number of fused-ring (bicyclic) bond motifs is 2. The number of nitrogens with zero attached hydrogens (tertiary/aromatic N) is 5. The Hall–Kier alpha value is -3.55. The Morgan fingerprint density at radius 2 is 1.92 bits per heavy atom. The monoisotopic (exact) mass is 495 g/mol. The van der Waals surface area contributed by atoms with Crippen molar-refractivity contribution in [2.75, 3.05) is 18.0 Å². The van der Waals surface area contributed by atoms with Gasteiger partial charge < -0.3 is 15.6 Å². The van der Waals surface area contributed by atoms with Crippen molar-refractivity contribution in [2.45, 2.75) is 37.6 Å². The van der Waals surface area contributed by atoms with E-state index in [1.807, 2.05) is 42.7 Å². The second-order valence-electron chi connectivity index (χ2n) is 9.90. The van der Waals surface area contributed by atoms with Crippen molar-refractivity contribution >= 4 is 39.4 Å². The highest BCUT2D eigenvalue weighted by Gasteiger charge is 2.30. The average molecular weight is 496 g/mol. The number of aromatic nitrogens is 5. The lowest BCUT2D eigenvalue weighted by Gasteiger charge is -2.33. The maximum absolute atomic E-state index is 6.48. The Kier molecular flexibility index (Phi) is 5.15. The minimum Gasteiger partial charge on any atom is -0.354 e. The summed E-state index contributed by atoms with van der Waals surface area (Å²) in [5, 5.41) is 2.77. The Bertz CT molecular complexity index is 1610. The van der Waals surface area contributed by atoms with E-state index in [1.54, 1.807) is 6.20 Å². The molecule has 1 atom stereocenters. The van der Waals surface area contributed by atoms with E-state index in [-0.39, 0.29) is 6.04 Å². The predicted molar refractivity (Wildman–Crippen MR) is 144 cm³/mol. The van der Waals surface area contributed by atoms with Gasteiger partial charge in [0.25, 0.3) is 0 Å². The predicted octanol–water partition coefficient (Wildman–Crippen LogP) is 5.69. The highest BCUT2D eigenvalue weighted by molar-refractivity contribution is 6.33. The van der Waals surface area contributed by atoms with Gasteiger partial charge in [-0.05, 0) is 55.4 Å². The lowest BCUT2D eigenvalue weighted by molar-refractivity contribution is 0.504. The Labute approximate surface area is 213 Å². The van der Waals surface area contributed by atoms with Crippen molar-refractivity contribution in [3.63, 3.8) is 0 Å². The molecule has 2 aliphatic rings. The van der Waals surface area contributed by atoms with Gasteiger partial charge in [-0.15, -0.1) is 0 Å². The van der Waals surface area contributed by atoms with E-state index in [0.717, 1.165) is 70.5 Å². The molecule has 1 saturated heterocycles. The molecule has 1 aromatic carbocycles. The number of H-pyrrole nitrogens is 1. The largest absolute Gasteiger partial charge is 0.354 e. The molecular formula is C28H26ClN7. The van der Waals surface area contributed by atoms with Gasteiger partial charge in [0.05, 0.1) is 11.7 Å². The maximum atomic E-state index is 6.48. The molecule has 4 aromatic heterocycles. The van der Waals surface area contributed by atoms with E-state index in [2.05, 4.69) is 25.9 Å². The highest BCUT2D eigenvalue weighted by atomic mass is 35.5. The van der Waals surface area contributed by atoms with E-state index < -0.39 is 0 Å². The van der Waals surface area contributed by atoms with E-state index in [1.165, 1.54) is 18.4 Å². The second kappa shape index (κ2) is 8.54. The van der Waals surface area contributed by atoms with Crippen molar-refractivity contribution in [1.29, 1.82) is 0 Å². The van der Waals surface area contributed by atoms with E-state index in [4.69, 9.17) is 27.3 Å². The lowest BCUT2D eigenvalue weighted by atomic mass is 10.0. The number of halogens is 1. The van der Waals surface area contributed by atoms with Gasteiger partial charge in [0.2, 0.25) is 0 Å². The molecule has 5 aromatic rings. The molecule has 5 heterocycles. The number of nitrogens with two attached hydrogens (primary N) is 1. The van der Waals surface area contributed by atoms with Crippen LogP contribution in [-0.2, 0) is 0 Å². The van der Waals surface area contributed by atoms with Crippen LogP contribution in [0.5, 0.6) is 0 Å². The van der Waals surface area contributed by atoms with Crippen molar-refractivity contribution in [1.82, 2.24) is 24.9 Å². The van der Waals surface area contributed by atoms with Crippen LogP contribution in [0.1, 0.15) is 37.2 Å². The van der Waals surface area contributed by atoms with Crippen LogP contribution in [0.15, 0.2) is 55.0 Å². The fourth-order valence-corrected chi connectivity index (χ4v) is 5.63. The standard InChI is InChI=1S/C28H26ClN7/c29-22-6-2-1-5-19(22)23-12-20-18(9-10-32-26(20)33-23)27-34-24-14-31-13-21(16-7-8-16)25(24)28(35-27)36-11-3-4-17(30)15-36/h1-2,5-6,9-10,12-14,16-17H,3-4,7-8,11,15,30H2,(H,32,33)/t17-/m0/s1. The number of pyridine rings is 2. The molecule has 8 heteroatoms. The molecule has 3 N–H and O–H groups in total. The number of hydrogen-bond acceptors (Lipinski definition) is 6. The van der Waals surface area contributed by atoms with Crippen LogP contribution < -0.4 is 10.6 Å². The zero-order valence-electron chi connectivity index (χ0n) is 19.8. The lowest BCUT2D eigenvalue weighted by Crippen LogP contribution is -2.43. The highest BCUT2D eigenvalue weighted by Crippen LogP contribution is 2.45. The normalized spacial score (nSPS) is 18.3. The first-order chi connectivity index (χ1) is 17.7. The van der Waals surface area contributed by atoms with Crippen LogP contribution in [0.2, 0.25) is 5.02 Å². The second-order valence-corrected chi connectivity index (χ2v) is 10.3. The molecule has 180 valence electrons. The van der Waals surface area contributed by atoms with Gasteiger partial charge in [-0.2, -0.15) is 0 Å².